The van der Waals surface area contributed by atoms with Gasteiger partial charge in [0.25, 0.3) is 0 Å². The van der Waals surface area contributed by atoms with Gasteiger partial charge in [0, 0.05) is 13.0 Å². The quantitative estimate of drug-likeness (QED) is 0.486. The number of ether oxygens (including phenoxy) is 1. The number of carbonyl (C=O) groups excluding carboxylic acids is 2. The highest BCUT2D eigenvalue weighted by atomic mass is 16.5. The Morgan fingerprint density at radius 1 is 1.06 bits per heavy atom. The third-order valence-electron chi connectivity index (χ3n) is 2.21. The molecule has 1 amide bonds. The van der Waals surface area contributed by atoms with Crippen LogP contribution >= 0.6 is 0 Å². The van der Waals surface area contributed by atoms with Crippen LogP contribution in [-0.4, -0.2) is 25.0 Å². The van der Waals surface area contributed by atoms with Crippen molar-refractivity contribution >= 4 is 11.9 Å². The number of hydrogen-bond donors (Lipinski definition) is 1. The van der Waals surface area contributed by atoms with Gasteiger partial charge in [-0.05, 0) is 13.3 Å². The van der Waals surface area contributed by atoms with E-state index in [-0.39, 0.29) is 18.3 Å². The summed E-state index contributed by atoms with van der Waals surface area (Å²) in [5.41, 5.74) is 0. The summed E-state index contributed by atoms with van der Waals surface area (Å²) >= 11 is 0. The monoisotopic (exact) mass is 229 g/mol. The molecule has 1 N–H and O–H groups in total. The number of esters is 1. The van der Waals surface area contributed by atoms with Gasteiger partial charge in [-0.1, -0.05) is 26.2 Å². The van der Waals surface area contributed by atoms with E-state index in [0.717, 1.165) is 12.8 Å². The van der Waals surface area contributed by atoms with E-state index >= 15 is 0 Å². The van der Waals surface area contributed by atoms with Crippen LogP contribution in [0.5, 0.6) is 0 Å². The lowest BCUT2D eigenvalue weighted by Gasteiger charge is -2.04. The van der Waals surface area contributed by atoms with Gasteiger partial charge in [0.2, 0.25) is 5.91 Å². The molecule has 0 saturated carbocycles. The van der Waals surface area contributed by atoms with Crippen LogP contribution in [0.25, 0.3) is 0 Å². The van der Waals surface area contributed by atoms with Crippen molar-refractivity contribution in [3.63, 3.8) is 0 Å². The molecule has 0 radical (unpaired) electrons. The van der Waals surface area contributed by atoms with Crippen molar-refractivity contribution in [3.05, 3.63) is 0 Å². The highest BCUT2D eigenvalue weighted by Crippen LogP contribution is 2.01. The van der Waals surface area contributed by atoms with Gasteiger partial charge in [-0.2, -0.15) is 0 Å². The van der Waals surface area contributed by atoms with Gasteiger partial charge < -0.3 is 10.1 Å². The molecule has 4 heteroatoms. The Balaban J connectivity index is 3.33. The van der Waals surface area contributed by atoms with Gasteiger partial charge in [-0.3, -0.25) is 9.59 Å². The molecule has 0 atom stereocenters. The van der Waals surface area contributed by atoms with E-state index in [0.29, 0.717) is 19.6 Å². The Kier molecular flexibility index (Phi) is 9.76. The maximum absolute atomic E-state index is 11.3. The van der Waals surface area contributed by atoms with Crippen molar-refractivity contribution < 1.29 is 14.3 Å². The van der Waals surface area contributed by atoms with Crippen LogP contribution in [0.1, 0.15) is 52.4 Å². The van der Waals surface area contributed by atoms with E-state index in [9.17, 15) is 9.59 Å². The molecule has 0 aromatic rings. The fraction of sp³-hybridized carbons (Fsp3) is 0.833. The Bertz CT molecular complexity index is 204. The summed E-state index contributed by atoms with van der Waals surface area (Å²) in [5.74, 6) is -0.228. The van der Waals surface area contributed by atoms with Crippen molar-refractivity contribution in [2.45, 2.75) is 52.4 Å². The second-order valence-corrected chi connectivity index (χ2v) is 3.72. The van der Waals surface area contributed by atoms with E-state index in [4.69, 9.17) is 4.74 Å². The smallest absolute Gasteiger partial charge is 0.307 e. The second kappa shape index (κ2) is 10.5. The van der Waals surface area contributed by atoms with Crippen LogP contribution in [-0.2, 0) is 14.3 Å². The zero-order valence-corrected chi connectivity index (χ0v) is 10.4. The third-order valence-corrected chi connectivity index (χ3v) is 2.21. The molecule has 0 bridgehead atoms. The van der Waals surface area contributed by atoms with Crippen molar-refractivity contribution in [2.75, 3.05) is 13.2 Å². The minimum atomic E-state index is -0.256. The van der Waals surface area contributed by atoms with Crippen LogP contribution in [0.4, 0.5) is 0 Å². The van der Waals surface area contributed by atoms with E-state index in [1.165, 1.54) is 12.8 Å². The van der Waals surface area contributed by atoms with Crippen LogP contribution in [0, 0.1) is 0 Å². The second-order valence-electron chi connectivity index (χ2n) is 3.72. The molecule has 4 nitrogen and oxygen atoms in total. The zero-order valence-electron chi connectivity index (χ0n) is 10.4. The van der Waals surface area contributed by atoms with Gasteiger partial charge >= 0.3 is 5.97 Å². The van der Waals surface area contributed by atoms with Crippen LogP contribution in [0.2, 0.25) is 0 Å². The predicted octanol–water partition coefficient (Wildman–Crippen LogP) is 2.03. The number of nitrogens with one attached hydrogen (secondary N) is 1. The normalized spacial score (nSPS) is 9.88. The topological polar surface area (TPSA) is 55.4 Å². The molecule has 0 aromatic carbocycles. The Morgan fingerprint density at radius 2 is 1.81 bits per heavy atom. The fourth-order valence-corrected chi connectivity index (χ4v) is 1.34. The molecule has 0 aliphatic heterocycles. The lowest BCUT2D eigenvalue weighted by atomic mass is 10.1. The maximum Gasteiger partial charge on any atom is 0.307 e. The Morgan fingerprint density at radius 3 is 2.44 bits per heavy atom. The Labute approximate surface area is 97.7 Å². The largest absolute Gasteiger partial charge is 0.466 e. The van der Waals surface area contributed by atoms with Crippen molar-refractivity contribution in [2.24, 2.45) is 0 Å². The molecule has 0 unspecified atom stereocenters. The summed E-state index contributed by atoms with van der Waals surface area (Å²) in [4.78, 5) is 22.2. The zero-order chi connectivity index (χ0) is 12.2. The van der Waals surface area contributed by atoms with Crippen molar-refractivity contribution in [1.82, 2.24) is 5.32 Å². The third kappa shape index (κ3) is 9.49. The summed E-state index contributed by atoms with van der Waals surface area (Å²) < 4.78 is 4.75. The lowest BCUT2D eigenvalue weighted by molar-refractivity contribution is -0.143. The SMILES string of the molecule is CCCCCCC(=O)NCCC(=O)OCC. The van der Waals surface area contributed by atoms with E-state index in [1.807, 2.05) is 0 Å². The molecule has 0 spiro atoms. The summed E-state index contributed by atoms with van der Waals surface area (Å²) in [7, 11) is 0. The first-order valence-corrected chi connectivity index (χ1v) is 6.13. The van der Waals surface area contributed by atoms with E-state index < -0.39 is 0 Å². The van der Waals surface area contributed by atoms with Gasteiger partial charge in [0.05, 0.1) is 13.0 Å². The molecule has 0 saturated heterocycles. The Hall–Kier alpha value is -1.06. The van der Waals surface area contributed by atoms with E-state index in [1.54, 1.807) is 6.92 Å². The number of rotatable bonds is 9. The van der Waals surface area contributed by atoms with Crippen LogP contribution in [0.3, 0.4) is 0 Å². The number of amides is 1. The first-order chi connectivity index (χ1) is 7.70. The molecule has 16 heavy (non-hydrogen) atoms. The first-order valence-electron chi connectivity index (χ1n) is 6.13. The molecular formula is C12H23NO3. The van der Waals surface area contributed by atoms with Crippen LogP contribution < -0.4 is 5.32 Å². The minimum absolute atomic E-state index is 0.0281. The molecule has 0 aliphatic carbocycles. The standard InChI is InChI=1S/C12H23NO3/c1-3-5-6-7-8-11(14)13-10-9-12(15)16-4-2/h3-10H2,1-2H3,(H,13,14). The highest BCUT2D eigenvalue weighted by molar-refractivity contribution is 5.76. The summed E-state index contributed by atoms with van der Waals surface area (Å²) in [6.07, 6.45) is 5.19. The number of hydrogen-bond acceptors (Lipinski definition) is 3. The molecule has 94 valence electrons. The average Bonchev–Trinajstić information content (AvgIpc) is 2.25. The minimum Gasteiger partial charge on any atom is -0.466 e. The highest BCUT2D eigenvalue weighted by Gasteiger charge is 2.03. The fourth-order valence-electron chi connectivity index (χ4n) is 1.34. The van der Waals surface area contributed by atoms with Crippen LogP contribution in [0.15, 0.2) is 0 Å². The molecule has 0 aliphatic rings. The molecule has 0 aromatic heterocycles. The first kappa shape index (κ1) is 14.9. The summed E-state index contributed by atoms with van der Waals surface area (Å²) in [5, 5.41) is 2.71. The molecular weight excluding hydrogens is 206 g/mol. The number of unbranched alkanes of at least 4 members (excludes halogenated alkanes) is 3. The maximum atomic E-state index is 11.3. The van der Waals surface area contributed by atoms with Crippen molar-refractivity contribution in [1.29, 1.82) is 0 Å². The summed E-state index contributed by atoms with van der Waals surface area (Å²) in [6, 6.07) is 0. The molecule has 0 heterocycles. The molecule has 0 fully saturated rings. The molecule has 0 rings (SSSR count). The van der Waals surface area contributed by atoms with Gasteiger partial charge in [-0.15, -0.1) is 0 Å². The predicted molar refractivity (Wildman–Crippen MR) is 63.0 cm³/mol. The average molecular weight is 229 g/mol. The van der Waals surface area contributed by atoms with Crippen molar-refractivity contribution in [3.8, 4) is 0 Å². The van der Waals surface area contributed by atoms with E-state index in [2.05, 4.69) is 12.2 Å². The van der Waals surface area contributed by atoms with Gasteiger partial charge in [0.15, 0.2) is 0 Å². The lowest BCUT2D eigenvalue weighted by Crippen LogP contribution is -2.26. The van der Waals surface area contributed by atoms with Gasteiger partial charge in [-0.25, -0.2) is 0 Å². The summed E-state index contributed by atoms with van der Waals surface area (Å²) in [6.45, 7) is 4.68. The van der Waals surface area contributed by atoms with Gasteiger partial charge in [0.1, 0.15) is 0 Å². The number of carbonyl (C=O) groups is 2.